The highest BCUT2D eigenvalue weighted by atomic mass is 16.5. The fourth-order valence-electron chi connectivity index (χ4n) is 4.24. The number of nitrogens with one attached hydrogen (secondary N) is 4. The molecule has 1 unspecified atom stereocenters. The lowest BCUT2D eigenvalue weighted by Gasteiger charge is -2.30. The number of hydrogen-bond acceptors (Lipinski definition) is 8. The second-order valence-electron chi connectivity index (χ2n) is 9.09. The summed E-state index contributed by atoms with van der Waals surface area (Å²) >= 11 is 0. The molecule has 4 rings (SSSR count). The normalized spacial score (nSPS) is 27.6. The van der Waals surface area contributed by atoms with Crippen LogP contribution in [0.2, 0.25) is 0 Å². The molecule has 0 amide bonds. The third kappa shape index (κ3) is 5.96. The molecule has 0 bridgehead atoms. The second-order valence-corrected chi connectivity index (χ2v) is 9.09. The molecule has 1 atom stereocenters. The highest BCUT2D eigenvalue weighted by Gasteiger charge is 2.43. The van der Waals surface area contributed by atoms with Crippen molar-refractivity contribution in [3.05, 3.63) is 24.2 Å². The molecule has 3 aliphatic rings. The first-order valence-electron chi connectivity index (χ1n) is 11.6. The Bertz CT molecular complexity index is 880. The lowest BCUT2D eigenvalue weighted by Crippen LogP contribution is -2.46. The van der Waals surface area contributed by atoms with E-state index >= 15 is 0 Å². The Morgan fingerprint density at radius 3 is 2.72 bits per heavy atom. The van der Waals surface area contributed by atoms with Crippen molar-refractivity contribution in [1.82, 2.24) is 25.9 Å². The molecule has 32 heavy (non-hydrogen) atoms. The maximum atomic E-state index is 9.30. The van der Waals surface area contributed by atoms with Crippen LogP contribution >= 0.6 is 0 Å². The molecule has 1 aromatic heterocycles. The largest absolute Gasteiger partial charge is 0.383 e. The first kappa shape index (κ1) is 22.5. The Hall–Kier alpha value is -2.70. The molecule has 2 heterocycles. The van der Waals surface area contributed by atoms with Gasteiger partial charge in [0.1, 0.15) is 18.0 Å². The van der Waals surface area contributed by atoms with E-state index in [0.717, 1.165) is 74.7 Å². The molecule has 0 saturated heterocycles. The number of amidine groups is 1. The van der Waals surface area contributed by atoms with E-state index in [-0.39, 0.29) is 11.6 Å². The molecule has 9 heteroatoms. The van der Waals surface area contributed by atoms with Crippen molar-refractivity contribution in [3.8, 4) is 6.07 Å². The Morgan fingerprint density at radius 1 is 1.22 bits per heavy atom. The quantitative estimate of drug-likeness (QED) is 0.432. The number of nitriles is 1. The molecule has 2 aliphatic carbocycles. The van der Waals surface area contributed by atoms with Crippen LogP contribution in [0.1, 0.15) is 51.1 Å². The van der Waals surface area contributed by atoms with Crippen LogP contribution in [-0.4, -0.2) is 60.9 Å². The first-order chi connectivity index (χ1) is 15.6. The fraction of sp³-hybridized carbons (Fsp3) is 0.652. The first-order valence-corrected chi connectivity index (χ1v) is 11.6. The number of methoxy groups -OCH3 is 1. The number of rotatable bonds is 9. The second kappa shape index (κ2) is 10.3. The topological polar surface area (TPSA) is 119 Å². The fourth-order valence-corrected chi connectivity index (χ4v) is 4.24. The minimum Gasteiger partial charge on any atom is -0.383 e. The molecule has 2 saturated carbocycles. The lowest BCUT2D eigenvalue weighted by molar-refractivity contribution is 0.191. The lowest BCUT2D eigenvalue weighted by atomic mass is 9.91. The molecular formula is C23H34N8O. The van der Waals surface area contributed by atoms with Gasteiger partial charge in [0.25, 0.3) is 0 Å². The van der Waals surface area contributed by atoms with Crippen molar-refractivity contribution in [3.63, 3.8) is 0 Å². The maximum absolute atomic E-state index is 9.30. The van der Waals surface area contributed by atoms with Gasteiger partial charge in [-0.1, -0.05) is 0 Å². The Balaban J connectivity index is 1.36. The standard InChI is InChI=1S/C23H34N8O/c1-16-29-20(12-21(30-16)26-14-23(13-24)7-8-23)19-11-22(28-15-27-19)31-18-5-3-17(4-6-18)25-9-10-32-2/h11-12,15-18,25,29H,3-10,14H2,1-2H3,(H,26,30)(H,27,28,31). The molecule has 172 valence electrons. The average molecular weight is 439 g/mol. The maximum Gasteiger partial charge on any atom is 0.130 e. The third-order valence-electron chi connectivity index (χ3n) is 6.42. The van der Waals surface area contributed by atoms with E-state index in [9.17, 15) is 5.26 Å². The van der Waals surface area contributed by atoms with Crippen molar-refractivity contribution in [2.75, 3.05) is 32.1 Å². The van der Waals surface area contributed by atoms with Crippen molar-refractivity contribution in [2.45, 2.75) is 63.7 Å². The predicted molar refractivity (Wildman–Crippen MR) is 125 cm³/mol. The van der Waals surface area contributed by atoms with E-state index in [0.29, 0.717) is 18.6 Å². The third-order valence-corrected chi connectivity index (χ3v) is 6.42. The van der Waals surface area contributed by atoms with Gasteiger partial charge in [0.05, 0.1) is 42.2 Å². The molecule has 0 spiro atoms. The number of nitrogens with zero attached hydrogens (tertiary/aromatic N) is 4. The van der Waals surface area contributed by atoms with Crippen molar-refractivity contribution in [1.29, 1.82) is 5.26 Å². The molecule has 4 N–H and O–H groups in total. The molecule has 0 radical (unpaired) electrons. The summed E-state index contributed by atoms with van der Waals surface area (Å²) in [5, 5.41) is 23.2. The highest BCUT2D eigenvalue weighted by molar-refractivity contribution is 6.00. The van der Waals surface area contributed by atoms with E-state index in [2.05, 4.69) is 42.3 Å². The van der Waals surface area contributed by atoms with Crippen molar-refractivity contribution < 1.29 is 4.74 Å². The number of anilines is 1. The molecule has 0 aromatic carbocycles. The van der Waals surface area contributed by atoms with Crippen LogP contribution in [0, 0.1) is 16.7 Å². The van der Waals surface area contributed by atoms with Gasteiger partial charge in [-0.3, -0.25) is 4.99 Å². The zero-order valence-corrected chi connectivity index (χ0v) is 19.0. The number of aliphatic imine (C=N–C) groups is 1. The van der Waals surface area contributed by atoms with Crippen LogP contribution < -0.4 is 21.3 Å². The summed E-state index contributed by atoms with van der Waals surface area (Å²) in [6, 6.07) is 5.39. The minimum atomic E-state index is -0.249. The van der Waals surface area contributed by atoms with Gasteiger partial charge in [-0.2, -0.15) is 5.26 Å². The van der Waals surface area contributed by atoms with Crippen LogP contribution in [0.4, 0.5) is 5.82 Å². The van der Waals surface area contributed by atoms with Gasteiger partial charge in [0.2, 0.25) is 0 Å². The van der Waals surface area contributed by atoms with Gasteiger partial charge in [-0.15, -0.1) is 0 Å². The minimum absolute atomic E-state index is 0.0262. The monoisotopic (exact) mass is 438 g/mol. The molecular weight excluding hydrogens is 404 g/mol. The summed E-state index contributed by atoms with van der Waals surface area (Å²) in [4.78, 5) is 13.6. The van der Waals surface area contributed by atoms with Crippen LogP contribution in [0.3, 0.4) is 0 Å². The van der Waals surface area contributed by atoms with Gasteiger partial charge in [-0.05, 0) is 45.4 Å². The van der Waals surface area contributed by atoms with E-state index in [1.807, 2.05) is 19.1 Å². The Labute approximate surface area is 190 Å². The smallest absolute Gasteiger partial charge is 0.130 e. The van der Waals surface area contributed by atoms with Crippen molar-refractivity contribution in [2.24, 2.45) is 10.4 Å². The average Bonchev–Trinajstić information content (AvgIpc) is 3.60. The van der Waals surface area contributed by atoms with Crippen LogP contribution in [-0.2, 0) is 4.74 Å². The Kier molecular flexibility index (Phi) is 7.22. The van der Waals surface area contributed by atoms with Gasteiger partial charge in [0, 0.05) is 37.9 Å². The summed E-state index contributed by atoms with van der Waals surface area (Å²) in [5.74, 6) is 1.64. The van der Waals surface area contributed by atoms with E-state index in [1.165, 1.54) is 0 Å². The Morgan fingerprint density at radius 2 is 2.00 bits per heavy atom. The molecule has 2 fully saturated rings. The van der Waals surface area contributed by atoms with E-state index < -0.39 is 0 Å². The summed E-state index contributed by atoms with van der Waals surface area (Å²) in [5.41, 5.74) is 1.49. The van der Waals surface area contributed by atoms with E-state index in [4.69, 9.17) is 4.74 Å². The zero-order valence-electron chi connectivity index (χ0n) is 19.0. The SMILES string of the molecule is COCCNC1CCC(Nc2cc(C3=CC(=NCC4(C#N)CC4)NC(C)N3)ncn2)CC1. The van der Waals surface area contributed by atoms with Crippen LogP contribution in [0.25, 0.3) is 5.70 Å². The summed E-state index contributed by atoms with van der Waals surface area (Å²) in [6.07, 6.45) is 10.0. The molecule has 1 aliphatic heterocycles. The van der Waals surface area contributed by atoms with Gasteiger partial charge < -0.3 is 26.0 Å². The van der Waals surface area contributed by atoms with Crippen molar-refractivity contribution >= 4 is 17.4 Å². The zero-order chi connectivity index (χ0) is 22.4. The van der Waals surface area contributed by atoms with Crippen LogP contribution in [0.15, 0.2) is 23.5 Å². The number of hydrogen-bond donors (Lipinski definition) is 4. The van der Waals surface area contributed by atoms with Crippen LogP contribution in [0.5, 0.6) is 0 Å². The number of ether oxygens (including phenoxy) is 1. The molecule has 9 nitrogen and oxygen atoms in total. The summed E-state index contributed by atoms with van der Waals surface area (Å²) in [7, 11) is 1.74. The van der Waals surface area contributed by atoms with Gasteiger partial charge in [-0.25, -0.2) is 9.97 Å². The highest BCUT2D eigenvalue weighted by Crippen LogP contribution is 2.45. The predicted octanol–water partition coefficient (Wildman–Crippen LogP) is 2.02. The molecule has 1 aromatic rings. The summed E-state index contributed by atoms with van der Waals surface area (Å²) < 4.78 is 5.12. The number of aromatic nitrogens is 2. The van der Waals surface area contributed by atoms with E-state index in [1.54, 1.807) is 13.4 Å². The van der Waals surface area contributed by atoms with Gasteiger partial charge in [0.15, 0.2) is 0 Å². The van der Waals surface area contributed by atoms with Gasteiger partial charge >= 0.3 is 0 Å². The summed E-state index contributed by atoms with van der Waals surface area (Å²) in [6.45, 7) is 4.25.